The van der Waals surface area contributed by atoms with Crippen molar-refractivity contribution in [3.05, 3.63) is 47.3 Å². The van der Waals surface area contributed by atoms with Crippen LogP contribution in [0.15, 0.2) is 51.8 Å². The third-order valence-corrected chi connectivity index (χ3v) is 8.70. The number of carbonyl (C=O) groups is 1. The third kappa shape index (κ3) is 4.35. The first-order valence-electron chi connectivity index (χ1n) is 9.56. The summed E-state index contributed by atoms with van der Waals surface area (Å²) < 4.78 is 28.5. The van der Waals surface area contributed by atoms with Crippen LogP contribution in [0, 0.1) is 11.3 Å². The van der Waals surface area contributed by atoms with Gasteiger partial charge in [-0.25, -0.2) is 13.1 Å². The molecule has 0 bridgehead atoms. The van der Waals surface area contributed by atoms with E-state index in [2.05, 4.69) is 10.2 Å². The zero-order valence-corrected chi connectivity index (χ0v) is 19.2. The first-order chi connectivity index (χ1) is 15.4. The van der Waals surface area contributed by atoms with E-state index in [1.165, 1.54) is 44.2 Å². The van der Waals surface area contributed by atoms with Crippen LogP contribution in [0.25, 0.3) is 10.7 Å². The second-order valence-corrected chi connectivity index (χ2v) is 10.6. The van der Waals surface area contributed by atoms with E-state index in [0.717, 1.165) is 4.88 Å². The first-order valence-corrected chi connectivity index (χ1v) is 12.9. The van der Waals surface area contributed by atoms with Crippen molar-refractivity contribution in [1.82, 2.24) is 24.1 Å². The molecule has 4 rings (SSSR count). The van der Waals surface area contributed by atoms with E-state index < -0.39 is 10.0 Å². The van der Waals surface area contributed by atoms with Crippen molar-refractivity contribution in [3.8, 4) is 16.8 Å². The van der Waals surface area contributed by atoms with Gasteiger partial charge in [0.05, 0.1) is 21.1 Å². The molecule has 1 aromatic carbocycles. The van der Waals surface area contributed by atoms with Crippen molar-refractivity contribution in [3.63, 3.8) is 0 Å². The molecule has 2 aromatic heterocycles. The Balaban J connectivity index is 1.35. The van der Waals surface area contributed by atoms with Crippen LogP contribution in [0.1, 0.15) is 5.56 Å². The number of sulfonamides is 1. The number of hydrogen-bond donors (Lipinski definition) is 1. The third-order valence-electron chi connectivity index (χ3n) is 4.95. The van der Waals surface area contributed by atoms with Gasteiger partial charge in [0, 0.05) is 26.2 Å². The Kier molecular flexibility index (Phi) is 6.47. The molecule has 10 nitrogen and oxygen atoms in total. The van der Waals surface area contributed by atoms with Gasteiger partial charge in [0.25, 0.3) is 0 Å². The normalized spacial score (nSPS) is 14.9. The van der Waals surface area contributed by atoms with Crippen LogP contribution in [0.3, 0.4) is 0 Å². The molecule has 1 amide bonds. The molecular weight excluding hydrogens is 470 g/mol. The monoisotopic (exact) mass is 489 g/mol. The number of thiophene rings is 1. The molecule has 1 fully saturated rings. The number of thioether (sulfide) groups is 1. The Hall–Kier alpha value is -2.92. The van der Waals surface area contributed by atoms with Crippen molar-refractivity contribution < 1.29 is 13.2 Å². The molecule has 0 unspecified atom stereocenters. The molecule has 1 aliphatic heterocycles. The first kappa shape index (κ1) is 22.3. The molecule has 13 heteroatoms. The van der Waals surface area contributed by atoms with Gasteiger partial charge >= 0.3 is 0 Å². The van der Waals surface area contributed by atoms with Crippen LogP contribution in [0.4, 0.5) is 0 Å². The van der Waals surface area contributed by atoms with Crippen molar-refractivity contribution in [2.24, 2.45) is 0 Å². The molecule has 3 heterocycles. The summed E-state index contributed by atoms with van der Waals surface area (Å²) in [5.41, 5.74) is 0.107. The van der Waals surface area contributed by atoms with Crippen LogP contribution in [-0.2, 0) is 14.8 Å². The van der Waals surface area contributed by atoms with E-state index in [1.54, 1.807) is 17.0 Å². The Morgan fingerprint density at radius 3 is 2.59 bits per heavy atom. The zero-order chi connectivity index (χ0) is 22.7. The zero-order valence-electron chi connectivity index (χ0n) is 16.8. The molecule has 166 valence electrons. The van der Waals surface area contributed by atoms with Gasteiger partial charge in [0.15, 0.2) is 5.82 Å². The Labute approximate surface area is 193 Å². The highest BCUT2D eigenvalue weighted by Gasteiger charge is 2.31. The average molecular weight is 490 g/mol. The Morgan fingerprint density at radius 1 is 1.16 bits per heavy atom. The minimum Gasteiger partial charge on any atom is -0.339 e. The number of nitrogen functional groups attached to an aromatic ring is 1. The Bertz CT molecular complexity index is 1260. The van der Waals surface area contributed by atoms with Crippen LogP contribution in [-0.4, -0.2) is 70.3 Å². The number of hydrogen-bond acceptors (Lipinski definition) is 9. The lowest BCUT2D eigenvalue weighted by Crippen LogP contribution is -2.51. The second kappa shape index (κ2) is 9.29. The van der Waals surface area contributed by atoms with Gasteiger partial charge < -0.3 is 10.7 Å². The fourth-order valence-corrected chi connectivity index (χ4v) is 6.30. The molecule has 2 N–H and O–H groups in total. The summed E-state index contributed by atoms with van der Waals surface area (Å²) in [6.45, 7) is 0.856. The minimum atomic E-state index is -3.80. The SMILES string of the molecule is N#Cc1ccccc1S(=O)(=O)N1CCN(C(=O)CSc2nnc(-c3cccs3)n2N)CC1. The van der Waals surface area contributed by atoms with Gasteiger partial charge in [-0.05, 0) is 23.6 Å². The molecule has 0 radical (unpaired) electrons. The maximum atomic E-state index is 12.9. The lowest BCUT2D eigenvalue weighted by Gasteiger charge is -2.34. The van der Waals surface area contributed by atoms with E-state index >= 15 is 0 Å². The molecular formula is C19H19N7O3S3. The second-order valence-electron chi connectivity index (χ2n) is 6.83. The fourth-order valence-electron chi connectivity index (χ4n) is 3.27. The number of carbonyl (C=O) groups excluding carboxylic acids is 1. The molecule has 1 aliphatic rings. The quantitative estimate of drug-likeness (QED) is 0.403. The predicted octanol–water partition coefficient (Wildman–Crippen LogP) is 1.22. The summed E-state index contributed by atoms with van der Waals surface area (Å²) in [6.07, 6.45) is 0. The highest BCUT2D eigenvalue weighted by molar-refractivity contribution is 7.99. The minimum absolute atomic E-state index is 0.0124. The van der Waals surface area contributed by atoms with Crippen LogP contribution in [0.5, 0.6) is 0 Å². The topological polar surface area (TPSA) is 138 Å². The van der Waals surface area contributed by atoms with Crippen molar-refractivity contribution in [1.29, 1.82) is 5.26 Å². The molecule has 0 aliphatic carbocycles. The van der Waals surface area contributed by atoms with Crippen molar-refractivity contribution >= 4 is 39.0 Å². The predicted molar refractivity (Wildman–Crippen MR) is 121 cm³/mol. The summed E-state index contributed by atoms with van der Waals surface area (Å²) in [5, 5.41) is 19.7. The average Bonchev–Trinajstić information content (AvgIpc) is 3.47. The summed E-state index contributed by atoms with van der Waals surface area (Å²) in [4.78, 5) is 15.1. The van der Waals surface area contributed by atoms with Gasteiger partial charge in [-0.15, -0.1) is 21.5 Å². The maximum Gasteiger partial charge on any atom is 0.244 e. The Morgan fingerprint density at radius 2 is 1.91 bits per heavy atom. The number of benzene rings is 1. The smallest absolute Gasteiger partial charge is 0.244 e. The number of amides is 1. The largest absolute Gasteiger partial charge is 0.339 e. The summed E-state index contributed by atoms with van der Waals surface area (Å²) >= 11 is 2.68. The van der Waals surface area contributed by atoms with Gasteiger partial charge in [0.1, 0.15) is 6.07 Å². The lowest BCUT2D eigenvalue weighted by molar-refractivity contribution is -0.129. The molecule has 0 saturated carbocycles. The van der Waals surface area contributed by atoms with Gasteiger partial charge in [0.2, 0.25) is 21.1 Å². The van der Waals surface area contributed by atoms with E-state index in [-0.39, 0.29) is 48.3 Å². The van der Waals surface area contributed by atoms with Crippen molar-refractivity contribution in [2.45, 2.75) is 10.1 Å². The summed E-state index contributed by atoms with van der Waals surface area (Å²) in [6, 6.07) is 11.8. The number of nitriles is 1. The number of aromatic nitrogens is 3. The van der Waals surface area contributed by atoms with E-state index in [9.17, 15) is 18.5 Å². The summed E-state index contributed by atoms with van der Waals surface area (Å²) in [7, 11) is -3.80. The van der Waals surface area contributed by atoms with Gasteiger partial charge in [-0.1, -0.05) is 30.0 Å². The molecule has 0 spiro atoms. The van der Waals surface area contributed by atoms with E-state index in [4.69, 9.17) is 5.84 Å². The number of piperazine rings is 1. The fraction of sp³-hybridized carbons (Fsp3) is 0.263. The van der Waals surface area contributed by atoms with E-state index in [0.29, 0.717) is 11.0 Å². The molecule has 1 saturated heterocycles. The molecule has 32 heavy (non-hydrogen) atoms. The number of rotatable bonds is 6. The van der Waals surface area contributed by atoms with Crippen LogP contribution in [0.2, 0.25) is 0 Å². The maximum absolute atomic E-state index is 12.9. The number of nitrogens with zero attached hydrogens (tertiary/aromatic N) is 6. The number of nitrogens with two attached hydrogens (primary N) is 1. The van der Waals surface area contributed by atoms with Crippen LogP contribution < -0.4 is 5.84 Å². The van der Waals surface area contributed by atoms with Gasteiger partial charge in [-0.3, -0.25) is 4.79 Å². The van der Waals surface area contributed by atoms with Crippen LogP contribution >= 0.6 is 23.1 Å². The van der Waals surface area contributed by atoms with Crippen molar-refractivity contribution in [2.75, 3.05) is 37.8 Å². The lowest BCUT2D eigenvalue weighted by atomic mass is 10.2. The summed E-state index contributed by atoms with van der Waals surface area (Å²) in [5.74, 6) is 6.57. The molecule has 0 atom stereocenters. The van der Waals surface area contributed by atoms with Gasteiger partial charge in [-0.2, -0.15) is 9.57 Å². The standard InChI is InChI=1S/C19H19N7O3S3/c20-12-14-4-1-2-6-16(14)32(28,29)25-9-7-24(8-10-25)17(27)13-31-19-23-22-18(26(19)21)15-5-3-11-30-15/h1-6,11H,7-10,13,21H2. The molecule has 3 aromatic rings. The van der Waals surface area contributed by atoms with E-state index in [1.807, 2.05) is 23.6 Å². The highest BCUT2D eigenvalue weighted by Crippen LogP contribution is 2.26. The highest BCUT2D eigenvalue weighted by atomic mass is 32.2.